The summed E-state index contributed by atoms with van der Waals surface area (Å²) in [5, 5.41) is 6.98. The van der Waals surface area contributed by atoms with E-state index in [1.165, 1.54) is 0 Å². The highest BCUT2D eigenvalue weighted by atomic mass is 32.2. The second kappa shape index (κ2) is 6.40. The minimum Gasteiger partial charge on any atom is -0.370 e. The average Bonchev–Trinajstić information content (AvgIpc) is 2.75. The summed E-state index contributed by atoms with van der Waals surface area (Å²) in [5.74, 6) is 0.868. The second-order valence-electron chi connectivity index (χ2n) is 3.47. The van der Waals surface area contributed by atoms with E-state index in [0.29, 0.717) is 0 Å². The summed E-state index contributed by atoms with van der Waals surface area (Å²) in [4.78, 5) is 13.3. The Morgan fingerprint density at radius 1 is 1.33 bits per heavy atom. The van der Waals surface area contributed by atoms with E-state index in [2.05, 4.69) is 27.2 Å². The van der Waals surface area contributed by atoms with Gasteiger partial charge in [-0.15, -0.1) is 11.3 Å². The number of rotatable bonds is 5. The fourth-order valence-corrected chi connectivity index (χ4v) is 3.51. The summed E-state index contributed by atoms with van der Waals surface area (Å²) in [6, 6.07) is 1.96. The fourth-order valence-electron chi connectivity index (χ4n) is 1.29. The normalized spacial score (nSPS) is 10.6. The van der Waals surface area contributed by atoms with Crippen molar-refractivity contribution in [3.05, 3.63) is 17.1 Å². The molecule has 0 aliphatic carbocycles. The third-order valence-electron chi connectivity index (χ3n) is 2.01. The van der Waals surface area contributed by atoms with Gasteiger partial charge in [0.25, 0.3) is 0 Å². The highest BCUT2D eigenvalue weighted by Gasteiger charge is 2.07. The topological polar surface area (TPSA) is 50.7 Å². The first-order valence-corrected chi connectivity index (χ1v) is 8.40. The zero-order chi connectivity index (χ0) is 13.0. The number of anilines is 1. The molecule has 2 aromatic rings. The Labute approximate surface area is 119 Å². The Bertz CT molecular complexity index is 527. The monoisotopic (exact) mass is 298 g/mol. The van der Waals surface area contributed by atoms with Crippen LogP contribution in [0.25, 0.3) is 0 Å². The van der Waals surface area contributed by atoms with Crippen molar-refractivity contribution in [2.24, 2.45) is 0 Å². The molecule has 0 aliphatic rings. The summed E-state index contributed by atoms with van der Waals surface area (Å²) in [6.45, 7) is 4.90. The minimum absolute atomic E-state index is 0.782. The number of thioether (sulfide) groups is 1. The zero-order valence-electron chi connectivity index (χ0n) is 10.4. The molecule has 0 aliphatic heterocycles. The fraction of sp³-hybridized carbons (Fsp3) is 0.364. The van der Waals surface area contributed by atoms with Gasteiger partial charge in [-0.1, -0.05) is 11.8 Å². The van der Waals surface area contributed by atoms with Crippen molar-refractivity contribution in [2.75, 3.05) is 18.1 Å². The van der Waals surface area contributed by atoms with Gasteiger partial charge in [0.15, 0.2) is 9.50 Å². The van der Waals surface area contributed by atoms with E-state index in [4.69, 9.17) is 0 Å². The Morgan fingerprint density at radius 2 is 2.17 bits per heavy atom. The van der Waals surface area contributed by atoms with E-state index >= 15 is 0 Å². The van der Waals surface area contributed by atoms with E-state index in [1.54, 1.807) is 34.9 Å². The number of nitrogens with one attached hydrogen (secondary N) is 1. The second-order valence-corrected chi connectivity index (χ2v) is 6.36. The quantitative estimate of drug-likeness (QED) is 0.517. The van der Waals surface area contributed by atoms with Gasteiger partial charge in [0.2, 0.25) is 0 Å². The van der Waals surface area contributed by atoms with E-state index in [0.717, 1.165) is 32.6 Å². The maximum Gasteiger partial charge on any atom is 0.190 e. The average molecular weight is 298 g/mol. The van der Waals surface area contributed by atoms with Crippen molar-refractivity contribution in [3.63, 3.8) is 0 Å². The first-order chi connectivity index (χ1) is 8.71. The van der Waals surface area contributed by atoms with Gasteiger partial charge >= 0.3 is 0 Å². The Hall–Kier alpha value is -0.790. The lowest BCUT2D eigenvalue weighted by Gasteiger charge is -2.06. The van der Waals surface area contributed by atoms with E-state index in [-0.39, 0.29) is 0 Å². The molecular formula is C11H14N4S3. The van der Waals surface area contributed by atoms with Crippen molar-refractivity contribution in [3.8, 4) is 0 Å². The van der Waals surface area contributed by atoms with Crippen LogP contribution in [0.1, 0.15) is 12.6 Å². The van der Waals surface area contributed by atoms with Gasteiger partial charge in [-0.2, -0.15) is 0 Å². The molecule has 0 amide bonds. The van der Waals surface area contributed by atoms with Crippen molar-refractivity contribution in [1.82, 2.24) is 15.0 Å². The molecule has 0 saturated carbocycles. The van der Waals surface area contributed by atoms with E-state index in [1.807, 2.05) is 24.6 Å². The maximum absolute atomic E-state index is 4.48. The minimum atomic E-state index is 0.782. The lowest BCUT2D eigenvalue weighted by atomic mass is 10.5. The lowest BCUT2D eigenvalue weighted by molar-refractivity contribution is 0.891. The van der Waals surface area contributed by atoms with Crippen LogP contribution in [0, 0.1) is 6.92 Å². The van der Waals surface area contributed by atoms with Gasteiger partial charge in [-0.25, -0.2) is 15.0 Å². The summed E-state index contributed by atoms with van der Waals surface area (Å²) < 4.78 is 1.01. The highest BCUT2D eigenvalue weighted by molar-refractivity contribution is 8.01. The molecule has 7 heteroatoms. The van der Waals surface area contributed by atoms with Crippen LogP contribution < -0.4 is 5.32 Å². The van der Waals surface area contributed by atoms with Crippen LogP contribution >= 0.6 is 34.9 Å². The molecule has 0 atom stereocenters. The van der Waals surface area contributed by atoms with Gasteiger partial charge in [-0.3, -0.25) is 0 Å². The van der Waals surface area contributed by atoms with Crippen LogP contribution in [-0.4, -0.2) is 27.8 Å². The van der Waals surface area contributed by atoms with E-state index < -0.39 is 0 Å². The number of hydrogen-bond acceptors (Lipinski definition) is 7. The Morgan fingerprint density at radius 3 is 2.78 bits per heavy atom. The summed E-state index contributed by atoms with van der Waals surface area (Å²) >= 11 is 4.77. The molecule has 0 aromatic carbocycles. The summed E-state index contributed by atoms with van der Waals surface area (Å²) in [7, 11) is 0. The van der Waals surface area contributed by atoms with Gasteiger partial charge in [-0.05, 0) is 31.9 Å². The molecular weight excluding hydrogens is 284 g/mol. The predicted octanol–water partition coefficient (Wildman–Crippen LogP) is 3.55. The third-order valence-corrected chi connectivity index (χ3v) is 4.53. The highest BCUT2D eigenvalue weighted by Crippen LogP contribution is 2.30. The van der Waals surface area contributed by atoms with E-state index in [9.17, 15) is 0 Å². The third kappa shape index (κ3) is 3.60. The standard InChI is InChI=1S/C11H14N4S3/c1-4-12-8-5-9(15-10(14-8)16-3)18-11-13-7(2)6-17-11/h5-6H,4H2,1-3H3,(H,12,14,15). The molecule has 0 radical (unpaired) electrons. The largest absolute Gasteiger partial charge is 0.370 e. The summed E-state index contributed by atoms with van der Waals surface area (Å²) in [5.41, 5.74) is 1.05. The van der Waals surface area contributed by atoms with Gasteiger partial charge < -0.3 is 5.32 Å². The first-order valence-electron chi connectivity index (χ1n) is 5.48. The number of nitrogens with zero attached hydrogens (tertiary/aromatic N) is 3. The lowest BCUT2D eigenvalue weighted by Crippen LogP contribution is -2.01. The summed E-state index contributed by atoms with van der Waals surface area (Å²) in [6.07, 6.45) is 1.98. The SMILES string of the molecule is CCNc1cc(Sc2nc(C)cs2)nc(SC)n1. The Balaban J connectivity index is 2.23. The van der Waals surface area contributed by atoms with Crippen LogP contribution in [-0.2, 0) is 0 Å². The van der Waals surface area contributed by atoms with Crippen LogP contribution in [0.15, 0.2) is 26.0 Å². The van der Waals surface area contributed by atoms with Crippen molar-refractivity contribution in [2.45, 2.75) is 28.4 Å². The molecule has 0 bridgehead atoms. The van der Waals surface area contributed by atoms with Crippen LogP contribution in [0.5, 0.6) is 0 Å². The molecule has 0 fully saturated rings. The number of hydrogen-bond donors (Lipinski definition) is 1. The molecule has 0 spiro atoms. The van der Waals surface area contributed by atoms with Crippen LogP contribution in [0.2, 0.25) is 0 Å². The molecule has 2 aromatic heterocycles. The zero-order valence-corrected chi connectivity index (χ0v) is 12.9. The molecule has 0 saturated heterocycles. The predicted molar refractivity (Wildman–Crippen MR) is 79.0 cm³/mol. The first kappa shape index (κ1) is 13.6. The molecule has 96 valence electrons. The van der Waals surface area contributed by atoms with Gasteiger partial charge in [0, 0.05) is 23.7 Å². The number of aryl methyl sites for hydroxylation is 1. The van der Waals surface area contributed by atoms with Crippen LogP contribution in [0.3, 0.4) is 0 Å². The molecule has 4 nitrogen and oxygen atoms in total. The van der Waals surface area contributed by atoms with Crippen molar-refractivity contribution >= 4 is 40.7 Å². The molecule has 0 unspecified atom stereocenters. The van der Waals surface area contributed by atoms with Crippen LogP contribution in [0.4, 0.5) is 5.82 Å². The smallest absolute Gasteiger partial charge is 0.190 e. The van der Waals surface area contributed by atoms with Gasteiger partial charge in [0.1, 0.15) is 10.8 Å². The number of thiazole rings is 1. The molecule has 18 heavy (non-hydrogen) atoms. The van der Waals surface area contributed by atoms with Crippen molar-refractivity contribution < 1.29 is 0 Å². The van der Waals surface area contributed by atoms with Gasteiger partial charge in [0.05, 0.1) is 0 Å². The molecule has 2 heterocycles. The molecule has 2 rings (SSSR count). The molecule has 1 N–H and O–H groups in total. The van der Waals surface area contributed by atoms with Crippen molar-refractivity contribution in [1.29, 1.82) is 0 Å². The maximum atomic E-state index is 4.48. The Kier molecular flexibility index (Phi) is 4.85. The number of aromatic nitrogens is 3.